The molecule has 0 aliphatic rings. The molecule has 0 saturated heterocycles. The van der Waals surface area contributed by atoms with Gasteiger partial charge in [-0.25, -0.2) is 31.0 Å². The van der Waals surface area contributed by atoms with Crippen molar-refractivity contribution in [2.45, 2.75) is 5.92 Å². The molecule has 6 rings (SSSR count). The Kier molecular flexibility index (Phi) is 8.58. The van der Waals surface area contributed by atoms with E-state index in [2.05, 4.69) is 10.3 Å². The van der Waals surface area contributed by atoms with Crippen molar-refractivity contribution in [3.8, 4) is 39.7 Å². The van der Waals surface area contributed by atoms with Crippen LogP contribution in [-0.2, 0) is 10.0 Å². The number of sulfonamides is 1. The molecule has 0 radical (unpaired) electrons. The highest BCUT2D eigenvalue weighted by Gasteiger charge is 2.37. The Bertz CT molecular complexity index is 2340. The second-order valence-corrected chi connectivity index (χ2v) is 13.0. The van der Waals surface area contributed by atoms with Gasteiger partial charge in [0.2, 0.25) is 15.9 Å². The van der Waals surface area contributed by atoms with Crippen LogP contribution in [0.4, 0.5) is 23.2 Å². The van der Waals surface area contributed by atoms with Crippen LogP contribution < -0.4 is 14.4 Å². The Morgan fingerprint density at radius 1 is 0.980 bits per heavy atom. The topological polar surface area (TPSA) is 135 Å². The number of aliphatic hydroxyl groups is 1. The Morgan fingerprint density at radius 3 is 2.33 bits per heavy atom. The fourth-order valence-electron chi connectivity index (χ4n) is 5.44. The minimum atomic E-state index is -4.46. The van der Waals surface area contributed by atoms with Crippen molar-refractivity contribution in [3.63, 3.8) is 0 Å². The van der Waals surface area contributed by atoms with Crippen molar-refractivity contribution in [2.24, 2.45) is 0 Å². The van der Waals surface area contributed by atoms with E-state index in [9.17, 15) is 35.9 Å². The fraction of sp³-hybridized carbons (Fsp3) is 0.176. The van der Waals surface area contributed by atoms with Gasteiger partial charge >= 0.3 is 0 Å². The first-order valence-electron chi connectivity index (χ1n) is 14.5. The second kappa shape index (κ2) is 12.6. The minimum absolute atomic E-state index is 0.00617. The predicted molar refractivity (Wildman–Crippen MR) is 174 cm³/mol. The van der Waals surface area contributed by atoms with E-state index in [-0.39, 0.29) is 67.4 Å². The molecule has 2 N–H and O–H groups in total. The van der Waals surface area contributed by atoms with Crippen molar-refractivity contribution >= 4 is 43.7 Å². The van der Waals surface area contributed by atoms with Crippen LogP contribution in [-0.4, -0.2) is 63.9 Å². The maximum Gasteiger partial charge on any atom is 0.288 e. The number of fused-ring (bicyclic) bond motifs is 2. The molecular formula is C34H27F4N3O7S. The highest BCUT2D eigenvalue weighted by Crippen LogP contribution is 2.44. The van der Waals surface area contributed by atoms with Gasteiger partial charge in [0, 0.05) is 29.6 Å². The Labute approximate surface area is 276 Å². The number of hydrogen-bond donors (Lipinski definition) is 2. The number of nitrogens with zero attached hydrogens (tertiary/aromatic N) is 2. The number of ether oxygens (including phenoxy) is 1. The number of aromatic nitrogens is 1. The van der Waals surface area contributed by atoms with Crippen LogP contribution in [0.1, 0.15) is 10.4 Å². The average Bonchev–Trinajstić information content (AvgIpc) is 3.68. The maximum atomic E-state index is 14.7. The molecule has 0 spiro atoms. The zero-order valence-electron chi connectivity index (χ0n) is 26.1. The quantitative estimate of drug-likeness (QED) is 0.153. The van der Waals surface area contributed by atoms with Crippen LogP contribution in [0.5, 0.6) is 5.75 Å². The van der Waals surface area contributed by atoms with E-state index in [1.165, 1.54) is 74.8 Å². The number of methoxy groups -OCH3 is 1. The maximum absolute atomic E-state index is 14.7. The number of halogens is 4. The summed E-state index contributed by atoms with van der Waals surface area (Å²) in [6.07, 6.45) is 0.725. The number of carbonyl (C=O) groups is 1. The first-order valence-corrected chi connectivity index (χ1v) is 16.4. The summed E-state index contributed by atoms with van der Waals surface area (Å²) in [5.74, 6) is -5.46. The molecule has 0 atom stereocenters. The molecule has 4 aromatic carbocycles. The van der Waals surface area contributed by atoms with Crippen molar-refractivity contribution in [2.75, 3.05) is 37.9 Å². The van der Waals surface area contributed by atoms with Gasteiger partial charge in [0.25, 0.3) is 11.8 Å². The van der Waals surface area contributed by atoms with E-state index in [4.69, 9.17) is 13.6 Å². The molecule has 1 amide bonds. The van der Waals surface area contributed by atoms with Gasteiger partial charge in [-0.15, -0.1) is 0 Å². The van der Waals surface area contributed by atoms with Gasteiger partial charge in [-0.05, 0) is 60.2 Å². The van der Waals surface area contributed by atoms with E-state index in [0.717, 1.165) is 18.4 Å². The van der Waals surface area contributed by atoms with Crippen LogP contribution in [0, 0.1) is 11.6 Å². The number of aliphatic hydroxyl groups excluding tert-OH is 1. The number of oxazole rings is 1. The molecule has 2 heterocycles. The average molecular weight is 698 g/mol. The molecule has 10 nitrogen and oxygen atoms in total. The molecule has 15 heteroatoms. The zero-order chi connectivity index (χ0) is 35.2. The number of amides is 1. The number of rotatable bonds is 10. The van der Waals surface area contributed by atoms with Gasteiger partial charge in [-0.1, -0.05) is 12.1 Å². The summed E-state index contributed by atoms with van der Waals surface area (Å²) >= 11 is 0. The highest BCUT2D eigenvalue weighted by molar-refractivity contribution is 7.92. The lowest BCUT2D eigenvalue weighted by molar-refractivity contribution is -0.0398. The smallest absolute Gasteiger partial charge is 0.288 e. The number of benzene rings is 4. The number of nitrogens with one attached hydrogen (secondary N) is 1. The summed E-state index contributed by atoms with van der Waals surface area (Å²) in [6, 6.07) is 16.3. The number of para-hydroxylation sites is 1. The Hall–Kier alpha value is -5.41. The summed E-state index contributed by atoms with van der Waals surface area (Å²) in [5, 5.41) is 12.1. The first-order chi connectivity index (χ1) is 23.2. The van der Waals surface area contributed by atoms with Crippen LogP contribution >= 0.6 is 0 Å². The number of furan rings is 1. The third kappa shape index (κ3) is 6.29. The standard InChI is InChI=1S/C34H27F4N3O7S/c1-39-32(43)29-22-14-21(19-9-12-26(46-2)23(13-19)33-40-30-24(36)5-4-6-27(30)48-33)25(41(49(3,44)45)16-34(37,38)17-42)15-28(22)47-31(29)18-7-10-20(35)11-8-18/h4-15,42H,16-17H2,1-3H3,(H,39,43). The Balaban J connectivity index is 1.68. The SMILES string of the molecule is CNC(=O)c1c(-c2ccc(F)cc2)oc2cc(N(CC(F)(F)CO)S(C)(=O)=O)c(-c3ccc(OC)c(-c4nc5c(F)cccc5o4)c3)cc12. The molecule has 0 fully saturated rings. The van der Waals surface area contributed by atoms with Gasteiger partial charge in [0.15, 0.2) is 11.4 Å². The number of alkyl halides is 2. The molecule has 2 aromatic heterocycles. The normalized spacial score (nSPS) is 12.1. The molecule has 0 unspecified atom stereocenters. The monoisotopic (exact) mass is 697 g/mol. The van der Waals surface area contributed by atoms with Crippen LogP contribution in [0.15, 0.2) is 81.6 Å². The van der Waals surface area contributed by atoms with E-state index >= 15 is 0 Å². The molecular weight excluding hydrogens is 670 g/mol. The molecule has 0 saturated carbocycles. The van der Waals surface area contributed by atoms with E-state index < -0.39 is 46.6 Å². The van der Waals surface area contributed by atoms with Crippen molar-refractivity contribution in [1.29, 1.82) is 0 Å². The largest absolute Gasteiger partial charge is 0.496 e. The molecule has 0 aliphatic heterocycles. The molecule has 49 heavy (non-hydrogen) atoms. The van der Waals surface area contributed by atoms with Gasteiger partial charge in [-0.2, -0.15) is 0 Å². The summed E-state index contributed by atoms with van der Waals surface area (Å²) in [7, 11) is -1.70. The first kappa shape index (κ1) is 33.5. The van der Waals surface area contributed by atoms with Gasteiger partial charge in [0.1, 0.15) is 41.6 Å². The van der Waals surface area contributed by atoms with Gasteiger partial charge in [-0.3, -0.25) is 9.10 Å². The molecule has 254 valence electrons. The number of hydrogen-bond acceptors (Lipinski definition) is 8. The van der Waals surface area contributed by atoms with Crippen LogP contribution in [0.2, 0.25) is 0 Å². The fourth-order valence-corrected chi connectivity index (χ4v) is 6.37. The molecule has 0 aliphatic carbocycles. The Morgan fingerprint density at radius 2 is 1.69 bits per heavy atom. The third-order valence-electron chi connectivity index (χ3n) is 7.75. The molecule has 0 bridgehead atoms. The lowest BCUT2D eigenvalue weighted by Gasteiger charge is -2.28. The highest BCUT2D eigenvalue weighted by atomic mass is 32.2. The van der Waals surface area contributed by atoms with E-state index in [1.54, 1.807) is 0 Å². The van der Waals surface area contributed by atoms with E-state index in [0.29, 0.717) is 9.87 Å². The number of carbonyl (C=O) groups excluding carboxylic acids is 1. The summed E-state index contributed by atoms with van der Waals surface area (Å²) in [6.45, 7) is -3.09. The predicted octanol–water partition coefficient (Wildman–Crippen LogP) is 6.62. The minimum Gasteiger partial charge on any atom is -0.496 e. The van der Waals surface area contributed by atoms with Crippen LogP contribution in [0.25, 0.3) is 56.0 Å². The van der Waals surface area contributed by atoms with E-state index in [1.807, 2.05) is 0 Å². The lowest BCUT2D eigenvalue weighted by Crippen LogP contribution is -2.42. The summed E-state index contributed by atoms with van der Waals surface area (Å²) < 4.78 is 102. The summed E-state index contributed by atoms with van der Waals surface area (Å²) in [4.78, 5) is 17.6. The van der Waals surface area contributed by atoms with Gasteiger partial charge < -0.3 is 24.0 Å². The van der Waals surface area contributed by atoms with Gasteiger partial charge in [0.05, 0.1) is 30.2 Å². The zero-order valence-corrected chi connectivity index (χ0v) is 26.9. The van der Waals surface area contributed by atoms with Crippen molar-refractivity contribution in [3.05, 3.63) is 90.0 Å². The third-order valence-corrected chi connectivity index (χ3v) is 8.88. The second-order valence-electron chi connectivity index (χ2n) is 11.1. The molecule has 6 aromatic rings. The van der Waals surface area contributed by atoms with Crippen LogP contribution in [0.3, 0.4) is 0 Å². The van der Waals surface area contributed by atoms with Crippen molar-refractivity contribution in [1.82, 2.24) is 10.3 Å². The summed E-state index contributed by atoms with van der Waals surface area (Å²) in [5.41, 5.74) is 0.529. The lowest BCUT2D eigenvalue weighted by atomic mass is 9.96. The number of anilines is 1. The van der Waals surface area contributed by atoms with Crippen molar-refractivity contribution < 1.29 is 49.5 Å².